The van der Waals surface area contributed by atoms with Gasteiger partial charge in [0.05, 0.1) is 0 Å². The van der Waals surface area contributed by atoms with Gasteiger partial charge in [0.15, 0.2) is 0 Å². The highest BCUT2D eigenvalue weighted by atomic mass is 16.2. The number of carbonyl (C=O) groups is 2. The molecular weight excluding hydrogens is 446 g/mol. The molecule has 0 aliphatic rings. The summed E-state index contributed by atoms with van der Waals surface area (Å²) in [5.41, 5.74) is 4.01. The van der Waals surface area contributed by atoms with Crippen molar-refractivity contribution in [2.75, 3.05) is 0 Å². The van der Waals surface area contributed by atoms with Crippen LogP contribution in [0.1, 0.15) is 28.7 Å². The van der Waals surface area contributed by atoms with E-state index in [0.29, 0.717) is 32.4 Å². The van der Waals surface area contributed by atoms with E-state index in [0.717, 1.165) is 22.3 Å². The third-order valence-corrected chi connectivity index (χ3v) is 6.13. The average Bonchev–Trinajstić information content (AvgIpc) is 2.94. The van der Waals surface area contributed by atoms with Crippen LogP contribution in [0.5, 0.6) is 0 Å². The molecule has 3 aromatic carbocycles. The fourth-order valence-electron chi connectivity index (χ4n) is 4.18. The van der Waals surface area contributed by atoms with Crippen LogP contribution in [0.3, 0.4) is 0 Å². The van der Waals surface area contributed by atoms with E-state index in [9.17, 15) is 9.59 Å². The van der Waals surface area contributed by atoms with E-state index in [-0.39, 0.29) is 11.8 Å². The summed E-state index contributed by atoms with van der Waals surface area (Å²) in [5.74, 6) is -0.216. The fourth-order valence-corrected chi connectivity index (χ4v) is 4.18. The molecule has 36 heavy (non-hydrogen) atoms. The van der Waals surface area contributed by atoms with E-state index in [1.54, 1.807) is 17.3 Å². The van der Waals surface area contributed by atoms with Crippen LogP contribution >= 0.6 is 0 Å². The first-order valence-corrected chi connectivity index (χ1v) is 12.3. The number of hydrogen-bond donors (Lipinski definition) is 1. The van der Waals surface area contributed by atoms with Gasteiger partial charge in [-0.25, -0.2) is 0 Å². The van der Waals surface area contributed by atoms with Crippen molar-refractivity contribution in [3.63, 3.8) is 0 Å². The molecule has 0 fully saturated rings. The molecule has 5 heteroatoms. The summed E-state index contributed by atoms with van der Waals surface area (Å²) < 4.78 is 0. The Morgan fingerprint density at radius 2 is 1.31 bits per heavy atom. The van der Waals surface area contributed by atoms with E-state index < -0.39 is 6.04 Å². The second kappa shape index (κ2) is 13.0. The van der Waals surface area contributed by atoms with Crippen molar-refractivity contribution in [2.24, 2.45) is 0 Å². The molecule has 0 aliphatic carbocycles. The minimum Gasteiger partial charge on any atom is -0.350 e. The van der Waals surface area contributed by atoms with Gasteiger partial charge in [-0.3, -0.25) is 14.6 Å². The number of pyridine rings is 1. The van der Waals surface area contributed by atoms with Crippen LogP contribution in [0.25, 0.3) is 0 Å². The largest absolute Gasteiger partial charge is 0.350 e. The van der Waals surface area contributed by atoms with Crippen LogP contribution in [0, 0.1) is 0 Å². The first-order valence-electron chi connectivity index (χ1n) is 12.3. The minimum atomic E-state index is -0.646. The van der Waals surface area contributed by atoms with Gasteiger partial charge in [-0.2, -0.15) is 0 Å². The fraction of sp³-hybridized carbons (Fsp3) is 0.194. The zero-order chi connectivity index (χ0) is 25.0. The van der Waals surface area contributed by atoms with Gasteiger partial charge in [0.2, 0.25) is 11.8 Å². The smallest absolute Gasteiger partial charge is 0.243 e. The lowest BCUT2D eigenvalue weighted by molar-refractivity contribution is -0.141. The lowest BCUT2D eigenvalue weighted by Crippen LogP contribution is -2.50. The first-order chi connectivity index (χ1) is 17.7. The Morgan fingerprint density at radius 1 is 0.722 bits per heavy atom. The van der Waals surface area contributed by atoms with Crippen molar-refractivity contribution in [1.29, 1.82) is 0 Å². The highest BCUT2D eigenvalue weighted by Gasteiger charge is 2.30. The van der Waals surface area contributed by atoms with Crippen LogP contribution in [0.2, 0.25) is 0 Å². The number of hydrogen-bond acceptors (Lipinski definition) is 3. The third kappa shape index (κ3) is 7.37. The highest BCUT2D eigenvalue weighted by molar-refractivity contribution is 5.88. The Labute approximate surface area is 212 Å². The van der Waals surface area contributed by atoms with E-state index in [1.807, 2.05) is 103 Å². The predicted molar refractivity (Wildman–Crippen MR) is 142 cm³/mol. The third-order valence-electron chi connectivity index (χ3n) is 6.13. The molecule has 182 valence electrons. The van der Waals surface area contributed by atoms with Gasteiger partial charge in [-0.05, 0) is 34.7 Å². The Hall–Kier alpha value is -4.25. The number of nitrogens with zero attached hydrogens (tertiary/aromatic N) is 2. The van der Waals surface area contributed by atoms with Gasteiger partial charge >= 0.3 is 0 Å². The van der Waals surface area contributed by atoms with Gasteiger partial charge in [0, 0.05) is 38.3 Å². The Morgan fingerprint density at radius 3 is 1.92 bits per heavy atom. The number of nitrogens with one attached hydrogen (secondary N) is 1. The summed E-state index contributed by atoms with van der Waals surface area (Å²) in [6.45, 7) is 0.724. The van der Waals surface area contributed by atoms with Gasteiger partial charge in [-0.15, -0.1) is 0 Å². The molecule has 1 N–H and O–H groups in total. The molecule has 0 spiro atoms. The molecule has 1 aromatic heterocycles. The molecule has 4 rings (SSSR count). The number of benzene rings is 3. The molecular formula is C31H31N3O2. The summed E-state index contributed by atoms with van der Waals surface area (Å²) in [6, 6.07) is 32.8. The Bertz CT molecular complexity index is 1120. The molecule has 5 nitrogen and oxygen atoms in total. The van der Waals surface area contributed by atoms with Gasteiger partial charge in [-0.1, -0.05) is 97.1 Å². The Balaban J connectivity index is 1.59. The number of rotatable bonds is 11. The maximum Gasteiger partial charge on any atom is 0.243 e. The molecule has 0 aliphatic heterocycles. The molecule has 0 bridgehead atoms. The summed E-state index contributed by atoms with van der Waals surface area (Å²) >= 11 is 0. The molecule has 2 amide bonds. The van der Waals surface area contributed by atoms with Crippen molar-refractivity contribution in [2.45, 2.75) is 38.4 Å². The topological polar surface area (TPSA) is 62.3 Å². The maximum absolute atomic E-state index is 13.7. The standard InChI is InChI=1S/C31H31N3O2/c35-30(19-18-25-11-4-1-5-12-25)34(24-27-15-8-3-9-16-27)29(21-26-13-6-2-7-14-26)31(36)33-23-28-17-10-20-32-22-28/h1-17,20,22,29H,18-19,21,23-24H2,(H,33,36). The Kier molecular flexibility index (Phi) is 8.98. The van der Waals surface area contributed by atoms with Crippen LogP contribution in [-0.4, -0.2) is 27.7 Å². The summed E-state index contributed by atoms with van der Waals surface area (Å²) in [4.78, 5) is 33.1. The summed E-state index contributed by atoms with van der Waals surface area (Å²) in [6.07, 6.45) is 4.83. The zero-order valence-electron chi connectivity index (χ0n) is 20.3. The van der Waals surface area contributed by atoms with Crippen LogP contribution in [0.15, 0.2) is 116 Å². The second-order valence-corrected chi connectivity index (χ2v) is 8.78. The van der Waals surface area contributed by atoms with Crippen LogP contribution in [0.4, 0.5) is 0 Å². The van der Waals surface area contributed by atoms with Crippen molar-refractivity contribution in [1.82, 2.24) is 15.2 Å². The predicted octanol–water partition coefficient (Wildman–Crippen LogP) is 4.97. The summed E-state index contributed by atoms with van der Waals surface area (Å²) in [5, 5.41) is 3.04. The SMILES string of the molecule is O=C(NCc1cccnc1)C(Cc1ccccc1)N(Cc1ccccc1)C(=O)CCc1ccccc1. The second-order valence-electron chi connectivity index (χ2n) is 8.78. The van der Waals surface area contributed by atoms with Gasteiger partial charge < -0.3 is 10.2 Å². The van der Waals surface area contributed by atoms with Crippen LogP contribution in [-0.2, 0) is 35.5 Å². The van der Waals surface area contributed by atoms with Gasteiger partial charge in [0.25, 0.3) is 0 Å². The van der Waals surface area contributed by atoms with E-state index in [4.69, 9.17) is 0 Å². The summed E-state index contributed by atoms with van der Waals surface area (Å²) in [7, 11) is 0. The number of carbonyl (C=O) groups excluding carboxylic acids is 2. The van der Waals surface area contributed by atoms with Crippen molar-refractivity contribution < 1.29 is 9.59 Å². The molecule has 0 radical (unpaired) electrons. The normalized spacial score (nSPS) is 11.4. The number of aryl methyl sites for hydroxylation is 1. The average molecular weight is 478 g/mol. The van der Waals surface area contributed by atoms with Crippen molar-refractivity contribution in [3.05, 3.63) is 138 Å². The maximum atomic E-state index is 13.7. The zero-order valence-corrected chi connectivity index (χ0v) is 20.3. The highest BCUT2D eigenvalue weighted by Crippen LogP contribution is 2.17. The molecule has 0 saturated heterocycles. The quantitative estimate of drug-likeness (QED) is 0.332. The number of aromatic nitrogens is 1. The van der Waals surface area contributed by atoms with Crippen molar-refractivity contribution in [3.8, 4) is 0 Å². The lowest BCUT2D eigenvalue weighted by atomic mass is 10.0. The van der Waals surface area contributed by atoms with Crippen LogP contribution < -0.4 is 5.32 Å². The lowest BCUT2D eigenvalue weighted by Gasteiger charge is -2.31. The van der Waals surface area contributed by atoms with E-state index >= 15 is 0 Å². The molecule has 1 unspecified atom stereocenters. The minimum absolute atomic E-state index is 0.0415. The molecule has 1 heterocycles. The molecule has 4 aromatic rings. The number of amides is 2. The van der Waals surface area contributed by atoms with E-state index in [2.05, 4.69) is 10.3 Å². The van der Waals surface area contributed by atoms with E-state index in [1.165, 1.54) is 0 Å². The van der Waals surface area contributed by atoms with Crippen molar-refractivity contribution >= 4 is 11.8 Å². The molecule has 0 saturated carbocycles. The molecule has 1 atom stereocenters. The van der Waals surface area contributed by atoms with Gasteiger partial charge in [0.1, 0.15) is 6.04 Å². The monoisotopic (exact) mass is 477 g/mol. The first kappa shape index (κ1) is 24.9.